The molecule has 3 N–H and O–H groups in total. The predicted molar refractivity (Wildman–Crippen MR) is 79.4 cm³/mol. The highest BCUT2D eigenvalue weighted by Crippen LogP contribution is 2.30. The molecule has 0 fully saturated rings. The van der Waals surface area contributed by atoms with Crippen LogP contribution in [-0.4, -0.2) is 20.8 Å². The predicted octanol–water partition coefficient (Wildman–Crippen LogP) is 2.69. The highest BCUT2D eigenvalue weighted by molar-refractivity contribution is 9.10. The summed E-state index contributed by atoms with van der Waals surface area (Å²) < 4.78 is 8.41. The van der Waals surface area contributed by atoms with Crippen molar-refractivity contribution in [2.75, 3.05) is 0 Å². The van der Waals surface area contributed by atoms with Gasteiger partial charge in [0.25, 0.3) is 0 Å². The molecule has 0 bridgehead atoms. The summed E-state index contributed by atoms with van der Waals surface area (Å²) in [5.41, 5.74) is 7.76. The molecule has 0 aliphatic rings. The molecule has 106 valence electrons. The lowest BCUT2D eigenvalue weighted by molar-refractivity contribution is 0.318. The quantitative estimate of drug-likeness (QED) is 0.390. The zero-order chi connectivity index (χ0) is 14.9. The molecule has 0 unspecified atom stereocenters. The molecule has 1 heterocycles. The van der Waals surface area contributed by atoms with Crippen LogP contribution in [0, 0.1) is 13.8 Å². The van der Waals surface area contributed by atoms with E-state index in [-0.39, 0.29) is 5.84 Å². The first-order valence-corrected chi connectivity index (χ1v) is 6.68. The molecule has 0 spiro atoms. The lowest BCUT2D eigenvalue weighted by atomic mass is 10.2. The number of benzene rings is 1. The molecule has 0 atom stereocenters. The fraction of sp³-hybridized carbons (Fsp3) is 0.231. The second-order valence-electron chi connectivity index (χ2n) is 4.39. The van der Waals surface area contributed by atoms with E-state index in [2.05, 4.69) is 26.2 Å². The molecule has 6 nitrogen and oxygen atoms in total. The van der Waals surface area contributed by atoms with E-state index < -0.39 is 0 Å². The van der Waals surface area contributed by atoms with Gasteiger partial charge in [-0.1, -0.05) is 21.1 Å². The number of aryl methyl sites for hydroxylation is 3. The third kappa shape index (κ3) is 2.62. The fourth-order valence-electron chi connectivity index (χ4n) is 1.93. The molecule has 1 aromatic carbocycles. The van der Waals surface area contributed by atoms with E-state index in [1.54, 1.807) is 18.7 Å². The molecule has 2 rings (SSSR count). The Morgan fingerprint density at radius 2 is 2.15 bits per heavy atom. The Kier molecular flexibility index (Phi) is 3.99. The maximum absolute atomic E-state index is 8.87. The second kappa shape index (κ2) is 5.54. The minimum atomic E-state index is -0.0274. The molecule has 0 radical (unpaired) electrons. The Morgan fingerprint density at radius 3 is 2.75 bits per heavy atom. The minimum Gasteiger partial charge on any atom is -0.438 e. The number of halogens is 1. The van der Waals surface area contributed by atoms with Crippen LogP contribution in [0.15, 0.2) is 27.8 Å². The SMILES string of the molecule is Cc1cc(Br)ccc1Oc1c(C(N)=NO)c(C)nn1C. The van der Waals surface area contributed by atoms with Gasteiger partial charge in [0.2, 0.25) is 5.88 Å². The van der Waals surface area contributed by atoms with E-state index in [0.717, 1.165) is 10.0 Å². The van der Waals surface area contributed by atoms with E-state index in [0.29, 0.717) is 22.9 Å². The van der Waals surface area contributed by atoms with Crippen molar-refractivity contribution in [2.24, 2.45) is 17.9 Å². The van der Waals surface area contributed by atoms with Crippen LogP contribution in [0.4, 0.5) is 0 Å². The van der Waals surface area contributed by atoms with E-state index in [4.69, 9.17) is 15.7 Å². The van der Waals surface area contributed by atoms with Gasteiger partial charge in [-0.25, -0.2) is 4.68 Å². The highest BCUT2D eigenvalue weighted by Gasteiger charge is 2.19. The largest absolute Gasteiger partial charge is 0.438 e. The number of aromatic nitrogens is 2. The van der Waals surface area contributed by atoms with E-state index in [1.807, 2.05) is 25.1 Å². The van der Waals surface area contributed by atoms with Crippen LogP contribution in [0.3, 0.4) is 0 Å². The molecular weight excluding hydrogens is 324 g/mol. The van der Waals surface area contributed by atoms with Crippen LogP contribution in [0.2, 0.25) is 0 Å². The molecule has 7 heteroatoms. The Morgan fingerprint density at radius 1 is 1.45 bits per heavy atom. The lowest BCUT2D eigenvalue weighted by Gasteiger charge is -2.10. The van der Waals surface area contributed by atoms with Gasteiger partial charge in [0, 0.05) is 11.5 Å². The van der Waals surface area contributed by atoms with Crippen molar-refractivity contribution in [1.82, 2.24) is 9.78 Å². The number of hydrogen-bond donors (Lipinski definition) is 2. The number of ether oxygens (including phenoxy) is 1. The Bertz CT molecular complexity index is 679. The summed E-state index contributed by atoms with van der Waals surface area (Å²) in [5, 5.41) is 16.1. The van der Waals surface area contributed by atoms with Crippen LogP contribution >= 0.6 is 15.9 Å². The number of amidine groups is 1. The van der Waals surface area contributed by atoms with Gasteiger partial charge in [0.1, 0.15) is 11.3 Å². The van der Waals surface area contributed by atoms with Crippen molar-refractivity contribution in [3.8, 4) is 11.6 Å². The van der Waals surface area contributed by atoms with Gasteiger partial charge in [0.15, 0.2) is 5.84 Å². The molecule has 0 saturated carbocycles. The first kappa shape index (κ1) is 14.4. The first-order chi connectivity index (χ1) is 9.43. The van der Waals surface area contributed by atoms with Gasteiger partial charge in [-0.2, -0.15) is 5.10 Å². The molecule has 0 saturated heterocycles. The second-order valence-corrected chi connectivity index (χ2v) is 5.30. The zero-order valence-electron chi connectivity index (χ0n) is 11.4. The topological polar surface area (TPSA) is 85.7 Å². The summed E-state index contributed by atoms with van der Waals surface area (Å²) in [5.74, 6) is 1.09. The summed E-state index contributed by atoms with van der Waals surface area (Å²) in [7, 11) is 1.74. The van der Waals surface area contributed by atoms with E-state index >= 15 is 0 Å². The average Bonchev–Trinajstić information content (AvgIpc) is 2.66. The molecule has 0 amide bonds. The Hall–Kier alpha value is -2.02. The maximum atomic E-state index is 8.87. The van der Waals surface area contributed by atoms with Crippen LogP contribution < -0.4 is 10.5 Å². The van der Waals surface area contributed by atoms with Gasteiger partial charge in [-0.3, -0.25) is 0 Å². The van der Waals surface area contributed by atoms with Crippen LogP contribution in [0.25, 0.3) is 0 Å². The third-order valence-corrected chi connectivity index (χ3v) is 3.37. The number of nitrogens with zero attached hydrogens (tertiary/aromatic N) is 3. The number of rotatable bonds is 3. The maximum Gasteiger partial charge on any atom is 0.229 e. The fourth-order valence-corrected chi connectivity index (χ4v) is 2.41. The molecule has 0 aliphatic carbocycles. The van der Waals surface area contributed by atoms with Crippen LogP contribution in [0.1, 0.15) is 16.8 Å². The summed E-state index contributed by atoms with van der Waals surface area (Å²) in [6, 6.07) is 5.67. The zero-order valence-corrected chi connectivity index (χ0v) is 13.0. The van der Waals surface area contributed by atoms with Gasteiger partial charge < -0.3 is 15.7 Å². The molecule has 0 aliphatic heterocycles. The highest BCUT2D eigenvalue weighted by atomic mass is 79.9. The standard InChI is InChI=1S/C13H15BrN4O2/c1-7-6-9(14)4-5-10(7)20-13-11(12(15)17-19)8(2)16-18(13)3/h4-6,19H,1-3H3,(H2,15,17). The number of hydrogen-bond acceptors (Lipinski definition) is 4. The smallest absolute Gasteiger partial charge is 0.229 e. The summed E-state index contributed by atoms with van der Waals surface area (Å²) >= 11 is 3.40. The van der Waals surface area contributed by atoms with E-state index in [1.165, 1.54) is 0 Å². The van der Waals surface area contributed by atoms with Gasteiger partial charge in [-0.15, -0.1) is 0 Å². The molecule has 20 heavy (non-hydrogen) atoms. The van der Waals surface area contributed by atoms with Crippen molar-refractivity contribution in [1.29, 1.82) is 0 Å². The van der Waals surface area contributed by atoms with Gasteiger partial charge in [0.05, 0.1) is 5.69 Å². The Labute approximate surface area is 125 Å². The lowest BCUT2D eigenvalue weighted by Crippen LogP contribution is -2.15. The normalized spacial score (nSPS) is 11.7. The molecular formula is C13H15BrN4O2. The molecule has 2 aromatic rings. The number of oxime groups is 1. The monoisotopic (exact) mass is 338 g/mol. The van der Waals surface area contributed by atoms with Crippen molar-refractivity contribution in [3.05, 3.63) is 39.5 Å². The van der Waals surface area contributed by atoms with Gasteiger partial charge >= 0.3 is 0 Å². The minimum absolute atomic E-state index is 0.0274. The summed E-state index contributed by atoms with van der Waals surface area (Å²) in [6.07, 6.45) is 0. The Balaban J connectivity index is 2.48. The van der Waals surface area contributed by atoms with Crippen LogP contribution in [0.5, 0.6) is 11.6 Å². The van der Waals surface area contributed by atoms with Crippen molar-refractivity contribution in [3.63, 3.8) is 0 Å². The van der Waals surface area contributed by atoms with Crippen molar-refractivity contribution in [2.45, 2.75) is 13.8 Å². The van der Waals surface area contributed by atoms with E-state index in [9.17, 15) is 0 Å². The number of nitrogens with two attached hydrogens (primary N) is 1. The van der Waals surface area contributed by atoms with Crippen molar-refractivity contribution < 1.29 is 9.94 Å². The average molecular weight is 339 g/mol. The van der Waals surface area contributed by atoms with Gasteiger partial charge in [-0.05, 0) is 37.6 Å². The summed E-state index contributed by atoms with van der Waals surface area (Å²) in [6.45, 7) is 3.71. The first-order valence-electron chi connectivity index (χ1n) is 5.89. The summed E-state index contributed by atoms with van der Waals surface area (Å²) in [4.78, 5) is 0. The molecule has 1 aromatic heterocycles. The van der Waals surface area contributed by atoms with Crippen molar-refractivity contribution >= 4 is 21.8 Å². The third-order valence-electron chi connectivity index (χ3n) is 2.88. The van der Waals surface area contributed by atoms with Crippen LogP contribution in [-0.2, 0) is 7.05 Å².